The summed E-state index contributed by atoms with van der Waals surface area (Å²) in [7, 11) is 4.91. The molecule has 2 aliphatic rings. The number of benzene rings is 2. The molecule has 4 rings (SSSR count). The lowest BCUT2D eigenvalue weighted by Crippen LogP contribution is -2.55. The van der Waals surface area contributed by atoms with Gasteiger partial charge in [0, 0.05) is 50.0 Å². The van der Waals surface area contributed by atoms with Gasteiger partial charge >= 0.3 is 0 Å². The van der Waals surface area contributed by atoms with E-state index in [4.69, 9.17) is 14.2 Å². The number of ether oxygens (including phenoxy) is 3. The minimum absolute atomic E-state index is 0.142. The van der Waals surface area contributed by atoms with E-state index in [1.165, 1.54) is 5.56 Å². The van der Waals surface area contributed by atoms with Gasteiger partial charge in [-0.05, 0) is 38.0 Å². The molecular weight excluding hydrogens is 418 g/mol. The van der Waals surface area contributed by atoms with Crippen LogP contribution in [0.15, 0.2) is 36.4 Å². The maximum Gasteiger partial charge on any atom is 0.244 e. The van der Waals surface area contributed by atoms with Crippen LogP contribution in [0.1, 0.15) is 25.0 Å². The molecule has 7 heteroatoms. The first-order chi connectivity index (χ1) is 16.0. The summed E-state index contributed by atoms with van der Waals surface area (Å²) in [5.74, 6) is 2.19. The van der Waals surface area contributed by atoms with Crippen molar-refractivity contribution in [3.63, 3.8) is 0 Å². The highest BCUT2D eigenvalue weighted by molar-refractivity contribution is 5.99. The van der Waals surface area contributed by atoms with Crippen LogP contribution in [0, 0.1) is 0 Å². The summed E-state index contributed by atoms with van der Waals surface area (Å²) in [6.45, 7) is 8.43. The Morgan fingerprint density at radius 1 is 0.970 bits per heavy atom. The van der Waals surface area contributed by atoms with Crippen molar-refractivity contribution in [1.82, 2.24) is 9.80 Å². The van der Waals surface area contributed by atoms with Gasteiger partial charge in [0.25, 0.3) is 0 Å². The molecule has 0 aliphatic carbocycles. The minimum atomic E-state index is -0.142. The average Bonchev–Trinajstić information content (AvgIpc) is 3.18. The number of carbonyl (C=O) groups excluding carboxylic acids is 1. The SMILES string of the molecule is COc1ccc(CN2CCN(C(C)C(=O)N3c4ccccc4CC3C)CC2)c(OC)c1OC. The van der Waals surface area contributed by atoms with E-state index in [1.807, 2.05) is 30.0 Å². The van der Waals surface area contributed by atoms with Gasteiger partial charge in [0.2, 0.25) is 11.7 Å². The number of hydrogen-bond acceptors (Lipinski definition) is 6. The van der Waals surface area contributed by atoms with E-state index in [0.717, 1.165) is 50.4 Å². The number of carbonyl (C=O) groups is 1. The highest BCUT2D eigenvalue weighted by atomic mass is 16.5. The van der Waals surface area contributed by atoms with Crippen LogP contribution in [0.3, 0.4) is 0 Å². The number of anilines is 1. The van der Waals surface area contributed by atoms with Crippen molar-refractivity contribution in [3.05, 3.63) is 47.5 Å². The monoisotopic (exact) mass is 453 g/mol. The lowest BCUT2D eigenvalue weighted by molar-refractivity contribution is -0.124. The van der Waals surface area contributed by atoms with Crippen molar-refractivity contribution < 1.29 is 19.0 Å². The summed E-state index contributed by atoms with van der Waals surface area (Å²) >= 11 is 0. The van der Waals surface area contributed by atoms with Crippen LogP contribution in [-0.4, -0.2) is 75.3 Å². The van der Waals surface area contributed by atoms with Gasteiger partial charge in [0.1, 0.15) is 0 Å². The summed E-state index contributed by atoms with van der Waals surface area (Å²) in [5.41, 5.74) is 3.40. The van der Waals surface area contributed by atoms with E-state index in [0.29, 0.717) is 17.2 Å². The number of piperazine rings is 1. The molecule has 0 radical (unpaired) electrons. The van der Waals surface area contributed by atoms with Crippen molar-refractivity contribution in [2.45, 2.75) is 38.9 Å². The Bertz CT molecular complexity index is 987. The zero-order valence-corrected chi connectivity index (χ0v) is 20.3. The number of amides is 1. The van der Waals surface area contributed by atoms with Gasteiger partial charge in [0.05, 0.1) is 27.4 Å². The molecule has 1 fully saturated rings. The van der Waals surface area contributed by atoms with Crippen molar-refractivity contribution in [3.8, 4) is 17.2 Å². The summed E-state index contributed by atoms with van der Waals surface area (Å²) in [6, 6.07) is 12.3. The van der Waals surface area contributed by atoms with Crippen molar-refractivity contribution >= 4 is 11.6 Å². The van der Waals surface area contributed by atoms with E-state index < -0.39 is 0 Å². The number of methoxy groups -OCH3 is 3. The third-order valence-electron chi connectivity index (χ3n) is 6.94. The predicted molar refractivity (Wildman–Crippen MR) is 130 cm³/mol. The van der Waals surface area contributed by atoms with Crippen LogP contribution in [0.2, 0.25) is 0 Å². The molecule has 0 saturated carbocycles. The second-order valence-corrected chi connectivity index (χ2v) is 8.87. The van der Waals surface area contributed by atoms with E-state index >= 15 is 0 Å². The van der Waals surface area contributed by atoms with Crippen LogP contribution >= 0.6 is 0 Å². The molecule has 178 valence electrons. The Hall–Kier alpha value is -2.77. The summed E-state index contributed by atoms with van der Waals surface area (Å²) < 4.78 is 16.6. The van der Waals surface area contributed by atoms with Gasteiger partial charge in [0.15, 0.2) is 11.5 Å². The van der Waals surface area contributed by atoms with Crippen molar-refractivity contribution in [2.24, 2.45) is 0 Å². The molecule has 7 nitrogen and oxygen atoms in total. The fourth-order valence-electron chi connectivity index (χ4n) is 5.10. The van der Waals surface area contributed by atoms with Gasteiger partial charge in [-0.1, -0.05) is 24.3 Å². The lowest BCUT2D eigenvalue weighted by Gasteiger charge is -2.39. The summed E-state index contributed by atoms with van der Waals surface area (Å²) in [6.07, 6.45) is 0.926. The molecule has 0 bridgehead atoms. The quantitative estimate of drug-likeness (QED) is 0.642. The molecule has 2 atom stereocenters. The van der Waals surface area contributed by atoms with E-state index in [1.54, 1.807) is 21.3 Å². The van der Waals surface area contributed by atoms with Gasteiger partial charge in [-0.3, -0.25) is 14.6 Å². The Kier molecular flexibility index (Phi) is 7.10. The van der Waals surface area contributed by atoms with Gasteiger partial charge < -0.3 is 19.1 Å². The fraction of sp³-hybridized carbons (Fsp3) is 0.500. The molecule has 2 aromatic rings. The predicted octanol–water partition coefficient (Wildman–Crippen LogP) is 3.20. The average molecular weight is 454 g/mol. The van der Waals surface area contributed by atoms with Crippen LogP contribution in [0.4, 0.5) is 5.69 Å². The molecule has 33 heavy (non-hydrogen) atoms. The zero-order chi connectivity index (χ0) is 23.5. The highest BCUT2D eigenvalue weighted by Crippen LogP contribution is 2.40. The maximum atomic E-state index is 13.4. The second-order valence-electron chi connectivity index (χ2n) is 8.87. The molecule has 2 aliphatic heterocycles. The third kappa shape index (κ3) is 4.52. The molecular formula is C26H35N3O4. The number of hydrogen-bond donors (Lipinski definition) is 0. The van der Waals surface area contributed by atoms with Gasteiger partial charge in [-0.15, -0.1) is 0 Å². The van der Waals surface area contributed by atoms with Crippen molar-refractivity contribution in [1.29, 1.82) is 0 Å². The molecule has 0 spiro atoms. The Labute approximate surface area is 196 Å². The normalized spacial score (nSPS) is 19.8. The molecule has 0 aromatic heterocycles. The first-order valence-electron chi connectivity index (χ1n) is 11.6. The number of rotatable bonds is 7. The van der Waals surface area contributed by atoms with Crippen molar-refractivity contribution in [2.75, 3.05) is 52.4 Å². The maximum absolute atomic E-state index is 13.4. The van der Waals surface area contributed by atoms with Crippen LogP contribution in [0.25, 0.3) is 0 Å². The number of para-hydroxylation sites is 1. The topological polar surface area (TPSA) is 54.5 Å². The molecule has 2 unspecified atom stereocenters. The smallest absolute Gasteiger partial charge is 0.244 e. The second kappa shape index (κ2) is 10.0. The summed E-state index contributed by atoms with van der Waals surface area (Å²) in [4.78, 5) is 20.1. The Morgan fingerprint density at radius 2 is 1.67 bits per heavy atom. The molecule has 2 heterocycles. The third-order valence-corrected chi connectivity index (χ3v) is 6.94. The van der Waals surface area contributed by atoms with E-state index in [2.05, 4.69) is 34.9 Å². The van der Waals surface area contributed by atoms with Gasteiger partial charge in [-0.2, -0.15) is 0 Å². The molecule has 0 N–H and O–H groups in total. The largest absolute Gasteiger partial charge is 0.493 e. The number of nitrogens with zero attached hydrogens (tertiary/aromatic N) is 3. The Morgan fingerprint density at radius 3 is 2.33 bits per heavy atom. The van der Waals surface area contributed by atoms with E-state index in [-0.39, 0.29) is 18.0 Å². The zero-order valence-electron chi connectivity index (χ0n) is 20.3. The molecule has 1 amide bonds. The standard InChI is InChI=1S/C26H35N3O4/c1-18-16-20-8-6-7-9-22(20)29(18)26(30)19(2)28-14-12-27(13-15-28)17-21-10-11-23(31-3)25(33-5)24(21)32-4/h6-11,18-19H,12-17H2,1-5H3. The first kappa shape index (κ1) is 23.4. The summed E-state index contributed by atoms with van der Waals surface area (Å²) in [5, 5.41) is 0. The molecule has 2 aromatic carbocycles. The van der Waals surface area contributed by atoms with Crippen LogP contribution < -0.4 is 19.1 Å². The van der Waals surface area contributed by atoms with Gasteiger partial charge in [-0.25, -0.2) is 0 Å². The highest BCUT2D eigenvalue weighted by Gasteiger charge is 2.36. The van der Waals surface area contributed by atoms with Crippen LogP contribution in [-0.2, 0) is 17.8 Å². The van der Waals surface area contributed by atoms with E-state index in [9.17, 15) is 4.79 Å². The molecule has 1 saturated heterocycles. The number of fused-ring (bicyclic) bond motifs is 1. The fourth-order valence-corrected chi connectivity index (χ4v) is 5.10. The minimum Gasteiger partial charge on any atom is -0.493 e. The lowest BCUT2D eigenvalue weighted by atomic mass is 10.1. The Balaban J connectivity index is 1.39. The van der Waals surface area contributed by atoms with Crippen LogP contribution in [0.5, 0.6) is 17.2 Å². The first-order valence-corrected chi connectivity index (χ1v) is 11.6.